The van der Waals surface area contributed by atoms with Crippen LogP contribution in [0.5, 0.6) is 0 Å². The lowest BCUT2D eigenvalue weighted by Gasteiger charge is -2.30. The van der Waals surface area contributed by atoms with Crippen molar-refractivity contribution < 1.29 is 0 Å². The fourth-order valence-electron chi connectivity index (χ4n) is 2.35. The third-order valence-electron chi connectivity index (χ3n) is 3.33. The Morgan fingerprint density at radius 1 is 1.29 bits per heavy atom. The molecular formula is C14H23N3. The van der Waals surface area contributed by atoms with Crippen LogP contribution in [0.4, 0.5) is 5.82 Å². The largest absolute Gasteiger partial charge is 0.354 e. The lowest BCUT2D eigenvalue weighted by Crippen LogP contribution is -2.44. The third-order valence-corrected chi connectivity index (χ3v) is 3.33. The zero-order chi connectivity index (χ0) is 11.9. The Bertz CT molecular complexity index is 332. The van der Waals surface area contributed by atoms with Crippen LogP contribution in [0.3, 0.4) is 0 Å². The van der Waals surface area contributed by atoms with Crippen molar-refractivity contribution in [3.63, 3.8) is 0 Å². The van der Waals surface area contributed by atoms with Crippen LogP contribution in [0.2, 0.25) is 0 Å². The number of hydrogen-bond donors (Lipinski definition) is 1. The molecule has 0 atom stereocenters. The maximum atomic E-state index is 4.58. The lowest BCUT2D eigenvalue weighted by atomic mass is 10.1. The molecule has 1 fully saturated rings. The van der Waals surface area contributed by atoms with Crippen LogP contribution in [0.1, 0.15) is 31.7 Å². The van der Waals surface area contributed by atoms with Crippen molar-refractivity contribution in [1.29, 1.82) is 0 Å². The number of nitrogens with one attached hydrogen (secondary N) is 1. The van der Waals surface area contributed by atoms with E-state index < -0.39 is 0 Å². The summed E-state index contributed by atoms with van der Waals surface area (Å²) in [5.74, 6) is 1.21. The van der Waals surface area contributed by atoms with Gasteiger partial charge in [0.15, 0.2) is 0 Å². The highest BCUT2D eigenvalue weighted by molar-refractivity contribution is 5.47. The van der Waals surface area contributed by atoms with Gasteiger partial charge >= 0.3 is 0 Å². The summed E-state index contributed by atoms with van der Waals surface area (Å²) in [4.78, 5) is 6.99. The normalized spacial score (nSPS) is 16.2. The van der Waals surface area contributed by atoms with Crippen molar-refractivity contribution in [3.8, 4) is 0 Å². The highest BCUT2D eigenvalue weighted by Crippen LogP contribution is 2.19. The highest BCUT2D eigenvalue weighted by atomic mass is 15.2. The van der Waals surface area contributed by atoms with Crippen LogP contribution >= 0.6 is 0 Å². The Kier molecular flexibility index (Phi) is 4.80. The molecule has 1 N–H and O–H groups in total. The minimum atomic E-state index is 1.07. The molecule has 2 rings (SSSR count). The van der Waals surface area contributed by atoms with Crippen molar-refractivity contribution in [2.75, 3.05) is 31.1 Å². The predicted molar refractivity (Wildman–Crippen MR) is 72.5 cm³/mol. The summed E-state index contributed by atoms with van der Waals surface area (Å²) in [6.07, 6.45) is 6.96. The molecule has 17 heavy (non-hydrogen) atoms. The Morgan fingerprint density at radius 3 is 2.88 bits per heavy atom. The van der Waals surface area contributed by atoms with Gasteiger partial charge in [-0.1, -0.05) is 25.8 Å². The molecular weight excluding hydrogens is 210 g/mol. The zero-order valence-corrected chi connectivity index (χ0v) is 10.8. The van der Waals surface area contributed by atoms with E-state index in [1.165, 1.54) is 37.1 Å². The molecule has 3 heteroatoms. The summed E-state index contributed by atoms with van der Waals surface area (Å²) >= 11 is 0. The van der Waals surface area contributed by atoms with Crippen LogP contribution < -0.4 is 10.2 Å². The minimum Gasteiger partial charge on any atom is -0.354 e. The van der Waals surface area contributed by atoms with E-state index in [-0.39, 0.29) is 0 Å². The van der Waals surface area contributed by atoms with E-state index in [4.69, 9.17) is 0 Å². The zero-order valence-electron chi connectivity index (χ0n) is 10.8. The van der Waals surface area contributed by atoms with Crippen LogP contribution in [0, 0.1) is 0 Å². The highest BCUT2D eigenvalue weighted by Gasteiger charge is 2.14. The number of nitrogens with zero attached hydrogens (tertiary/aromatic N) is 2. The molecule has 0 aliphatic carbocycles. The average molecular weight is 233 g/mol. The van der Waals surface area contributed by atoms with E-state index in [1.807, 2.05) is 6.20 Å². The number of aryl methyl sites for hydroxylation is 1. The summed E-state index contributed by atoms with van der Waals surface area (Å²) in [5, 5.41) is 3.39. The summed E-state index contributed by atoms with van der Waals surface area (Å²) in [5.41, 5.74) is 1.42. The lowest BCUT2D eigenvalue weighted by molar-refractivity contribution is 0.582. The van der Waals surface area contributed by atoms with Crippen molar-refractivity contribution in [2.24, 2.45) is 0 Å². The van der Waals surface area contributed by atoms with Gasteiger partial charge in [0, 0.05) is 32.4 Å². The fourth-order valence-corrected chi connectivity index (χ4v) is 2.35. The second kappa shape index (κ2) is 6.60. The van der Waals surface area contributed by atoms with Gasteiger partial charge in [0.25, 0.3) is 0 Å². The molecule has 1 aliphatic heterocycles. The molecule has 0 amide bonds. The molecule has 0 spiro atoms. The Balaban J connectivity index is 2.03. The van der Waals surface area contributed by atoms with E-state index in [1.54, 1.807) is 0 Å². The number of piperazine rings is 1. The molecule has 1 aromatic rings. The SMILES string of the molecule is CCCCCc1cccnc1N1CCNCC1. The number of rotatable bonds is 5. The van der Waals surface area contributed by atoms with Gasteiger partial charge in [-0.25, -0.2) is 4.98 Å². The van der Waals surface area contributed by atoms with Gasteiger partial charge in [-0.2, -0.15) is 0 Å². The van der Waals surface area contributed by atoms with E-state index in [0.29, 0.717) is 0 Å². The molecule has 94 valence electrons. The molecule has 0 bridgehead atoms. The van der Waals surface area contributed by atoms with Crippen molar-refractivity contribution >= 4 is 5.82 Å². The smallest absolute Gasteiger partial charge is 0.131 e. The Hall–Kier alpha value is -1.09. The Labute approximate surface area is 104 Å². The number of pyridine rings is 1. The standard InChI is InChI=1S/C14H23N3/c1-2-3-4-6-13-7-5-8-16-14(13)17-11-9-15-10-12-17/h5,7-8,15H,2-4,6,9-12H2,1H3. The molecule has 0 saturated carbocycles. The number of aromatic nitrogens is 1. The van der Waals surface area contributed by atoms with Gasteiger partial charge in [0.1, 0.15) is 5.82 Å². The first kappa shape index (κ1) is 12.4. The monoisotopic (exact) mass is 233 g/mol. The van der Waals surface area contributed by atoms with Crippen LogP contribution in [-0.2, 0) is 6.42 Å². The predicted octanol–water partition coefficient (Wildman–Crippen LogP) is 2.22. The molecule has 3 nitrogen and oxygen atoms in total. The molecule has 1 aromatic heterocycles. The second-order valence-corrected chi connectivity index (χ2v) is 4.68. The van der Waals surface area contributed by atoms with Gasteiger partial charge < -0.3 is 10.2 Å². The van der Waals surface area contributed by atoms with Gasteiger partial charge in [-0.3, -0.25) is 0 Å². The van der Waals surface area contributed by atoms with E-state index in [9.17, 15) is 0 Å². The summed E-state index contributed by atoms with van der Waals surface area (Å²) in [6.45, 7) is 6.56. The second-order valence-electron chi connectivity index (χ2n) is 4.68. The number of unbranched alkanes of at least 4 members (excludes halogenated alkanes) is 2. The molecule has 2 heterocycles. The van der Waals surface area contributed by atoms with Crippen LogP contribution in [0.25, 0.3) is 0 Å². The van der Waals surface area contributed by atoms with E-state index >= 15 is 0 Å². The van der Waals surface area contributed by atoms with Crippen molar-refractivity contribution in [2.45, 2.75) is 32.6 Å². The maximum absolute atomic E-state index is 4.58. The molecule has 0 aromatic carbocycles. The van der Waals surface area contributed by atoms with Crippen molar-refractivity contribution in [3.05, 3.63) is 23.9 Å². The first-order chi connectivity index (χ1) is 8.42. The average Bonchev–Trinajstić information content (AvgIpc) is 2.41. The van der Waals surface area contributed by atoms with E-state index in [2.05, 4.69) is 34.3 Å². The summed E-state index contributed by atoms with van der Waals surface area (Å²) < 4.78 is 0. The minimum absolute atomic E-state index is 1.07. The fraction of sp³-hybridized carbons (Fsp3) is 0.643. The maximum Gasteiger partial charge on any atom is 0.131 e. The quantitative estimate of drug-likeness (QED) is 0.790. The van der Waals surface area contributed by atoms with Gasteiger partial charge in [-0.15, -0.1) is 0 Å². The molecule has 0 unspecified atom stereocenters. The first-order valence-electron chi connectivity index (χ1n) is 6.81. The van der Waals surface area contributed by atoms with Gasteiger partial charge in [0.2, 0.25) is 0 Å². The van der Waals surface area contributed by atoms with E-state index in [0.717, 1.165) is 26.2 Å². The van der Waals surface area contributed by atoms with Crippen LogP contribution in [-0.4, -0.2) is 31.2 Å². The van der Waals surface area contributed by atoms with Crippen LogP contribution in [0.15, 0.2) is 18.3 Å². The van der Waals surface area contributed by atoms with Gasteiger partial charge in [-0.05, 0) is 24.5 Å². The first-order valence-corrected chi connectivity index (χ1v) is 6.81. The molecule has 1 aliphatic rings. The summed E-state index contributed by atoms with van der Waals surface area (Å²) in [6, 6.07) is 4.30. The number of anilines is 1. The molecule has 0 radical (unpaired) electrons. The third kappa shape index (κ3) is 3.43. The summed E-state index contributed by atoms with van der Waals surface area (Å²) in [7, 11) is 0. The molecule has 1 saturated heterocycles. The van der Waals surface area contributed by atoms with Crippen molar-refractivity contribution in [1.82, 2.24) is 10.3 Å². The Morgan fingerprint density at radius 2 is 2.12 bits per heavy atom. The van der Waals surface area contributed by atoms with Gasteiger partial charge in [0.05, 0.1) is 0 Å². The number of hydrogen-bond acceptors (Lipinski definition) is 3. The topological polar surface area (TPSA) is 28.2 Å².